The Morgan fingerprint density at radius 1 is 0.679 bits per heavy atom. The first kappa shape index (κ1) is 26.9. The lowest BCUT2D eigenvalue weighted by molar-refractivity contribution is -0.152. The fourth-order valence-corrected chi connectivity index (χ4v) is 3.30. The van der Waals surface area contributed by atoms with Crippen LogP contribution in [0.4, 0.5) is 0 Å². The van der Waals surface area contributed by atoms with Crippen LogP contribution < -0.4 is 0 Å². The summed E-state index contributed by atoms with van der Waals surface area (Å²) < 4.78 is 10.7. The molecule has 1 atom stereocenters. The molecule has 0 saturated heterocycles. The zero-order valence-corrected chi connectivity index (χ0v) is 19.1. The second-order valence-corrected chi connectivity index (χ2v) is 8.29. The second kappa shape index (κ2) is 19.3. The van der Waals surface area contributed by atoms with Crippen LogP contribution in [-0.4, -0.2) is 24.6 Å². The monoisotopic (exact) mass is 398 g/mol. The van der Waals surface area contributed by atoms with Gasteiger partial charge in [-0.05, 0) is 31.6 Å². The summed E-state index contributed by atoms with van der Waals surface area (Å²) >= 11 is 0. The highest BCUT2D eigenvalue weighted by Gasteiger charge is 2.16. The first-order chi connectivity index (χ1) is 13.5. The zero-order chi connectivity index (χ0) is 21.0. The smallest absolute Gasteiger partial charge is 0.306 e. The van der Waals surface area contributed by atoms with Crippen molar-refractivity contribution in [3.8, 4) is 0 Å². The minimum Gasteiger partial charge on any atom is -0.466 e. The van der Waals surface area contributed by atoms with Crippen LogP contribution in [-0.2, 0) is 19.1 Å². The van der Waals surface area contributed by atoms with Crippen LogP contribution in [0, 0.1) is 5.92 Å². The highest BCUT2D eigenvalue weighted by atomic mass is 16.5. The van der Waals surface area contributed by atoms with Crippen LogP contribution in [0.2, 0.25) is 0 Å². The van der Waals surface area contributed by atoms with Crippen molar-refractivity contribution in [2.24, 2.45) is 5.92 Å². The standard InChI is InChI=1S/C24H46O4/c1-5-7-8-9-10-11-12-13-14-17-20-27-23(25)18-15-16-19-24(26)28-22(6-2)21(3)4/h21-22H,5-20H2,1-4H3. The van der Waals surface area contributed by atoms with Gasteiger partial charge in [0.05, 0.1) is 6.61 Å². The molecule has 0 aliphatic heterocycles. The van der Waals surface area contributed by atoms with Crippen LogP contribution in [0.15, 0.2) is 0 Å². The lowest BCUT2D eigenvalue weighted by Crippen LogP contribution is -2.22. The molecule has 0 aromatic carbocycles. The van der Waals surface area contributed by atoms with E-state index in [0.717, 1.165) is 19.3 Å². The molecule has 28 heavy (non-hydrogen) atoms. The molecule has 166 valence electrons. The van der Waals surface area contributed by atoms with E-state index < -0.39 is 0 Å². The Morgan fingerprint density at radius 2 is 1.18 bits per heavy atom. The van der Waals surface area contributed by atoms with Gasteiger partial charge in [0, 0.05) is 12.8 Å². The molecule has 0 heterocycles. The maximum atomic E-state index is 11.8. The van der Waals surface area contributed by atoms with Crippen LogP contribution in [0.1, 0.15) is 124 Å². The van der Waals surface area contributed by atoms with Gasteiger partial charge in [0.1, 0.15) is 6.10 Å². The second-order valence-electron chi connectivity index (χ2n) is 8.29. The third-order valence-electron chi connectivity index (χ3n) is 5.20. The molecule has 0 rings (SSSR count). The van der Waals surface area contributed by atoms with Gasteiger partial charge >= 0.3 is 11.9 Å². The van der Waals surface area contributed by atoms with E-state index in [1.807, 2.05) is 6.92 Å². The predicted octanol–water partition coefficient (Wildman–Crippen LogP) is 6.99. The van der Waals surface area contributed by atoms with Gasteiger partial charge in [-0.2, -0.15) is 0 Å². The molecule has 4 nitrogen and oxygen atoms in total. The van der Waals surface area contributed by atoms with Crippen LogP contribution in [0.3, 0.4) is 0 Å². The van der Waals surface area contributed by atoms with Crippen LogP contribution >= 0.6 is 0 Å². The molecule has 4 heteroatoms. The number of carbonyl (C=O) groups is 2. The summed E-state index contributed by atoms with van der Waals surface area (Å²) in [5.74, 6) is 0.0481. The van der Waals surface area contributed by atoms with E-state index in [4.69, 9.17) is 9.47 Å². The summed E-state index contributed by atoms with van der Waals surface area (Å²) in [5.41, 5.74) is 0. The lowest BCUT2D eigenvalue weighted by Gasteiger charge is -2.19. The molecule has 0 saturated carbocycles. The first-order valence-electron chi connectivity index (χ1n) is 11.9. The van der Waals surface area contributed by atoms with E-state index in [2.05, 4.69) is 20.8 Å². The Kier molecular flexibility index (Phi) is 18.5. The molecular weight excluding hydrogens is 352 g/mol. The number of hydrogen-bond donors (Lipinski definition) is 0. The Labute approximate surface area is 174 Å². The quantitative estimate of drug-likeness (QED) is 0.174. The van der Waals surface area contributed by atoms with Crippen molar-refractivity contribution in [2.75, 3.05) is 6.61 Å². The Morgan fingerprint density at radius 3 is 1.68 bits per heavy atom. The summed E-state index contributed by atoms with van der Waals surface area (Å²) in [5, 5.41) is 0. The number of carbonyl (C=O) groups excluding carboxylic acids is 2. The summed E-state index contributed by atoms with van der Waals surface area (Å²) in [4.78, 5) is 23.5. The number of rotatable bonds is 19. The molecule has 0 aliphatic rings. The van der Waals surface area contributed by atoms with Gasteiger partial charge in [-0.3, -0.25) is 9.59 Å². The maximum absolute atomic E-state index is 11.8. The van der Waals surface area contributed by atoms with Gasteiger partial charge in [-0.25, -0.2) is 0 Å². The van der Waals surface area contributed by atoms with Crippen molar-refractivity contribution in [1.29, 1.82) is 0 Å². The largest absolute Gasteiger partial charge is 0.466 e. The summed E-state index contributed by atoms with van der Waals surface area (Å²) in [6.07, 6.45) is 15.8. The maximum Gasteiger partial charge on any atom is 0.306 e. The molecule has 0 spiro atoms. The predicted molar refractivity (Wildman–Crippen MR) is 116 cm³/mol. The molecule has 0 fully saturated rings. The Bertz CT molecular complexity index is 379. The highest BCUT2D eigenvalue weighted by Crippen LogP contribution is 2.13. The Balaban J connectivity index is 3.43. The van der Waals surface area contributed by atoms with Gasteiger partial charge in [-0.15, -0.1) is 0 Å². The van der Waals surface area contributed by atoms with E-state index in [1.54, 1.807) is 0 Å². The van der Waals surface area contributed by atoms with Crippen molar-refractivity contribution in [1.82, 2.24) is 0 Å². The van der Waals surface area contributed by atoms with Crippen molar-refractivity contribution >= 4 is 11.9 Å². The van der Waals surface area contributed by atoms with Crippen LogP contribution in [0.25, 0.3) is 0 Å². The van der Waals surface area contributed by atoms with Gasteiger partial charge in [0.2, 0.25) is 0 Å². The number of ether oxygens (including phenoxy) is 2. The van der Waals surface area contributed by atoms with Crippen molar-refractivity contribution in [3.05, 3.63) is 0 Å². The summed E-state index contributed by atoms with van der Waals surface area (Å²) in [7, 11) is 0. The van der Waals surface area contributed by atoms with Gasteiger partial charge in [0.15, 0.2) is 0 Å². The fourth-order valence-electron chi connectivity index (χ4n) is 3.30. The van der Waals surface area contributed by atoms with Gasteiger partial charge in [0.25, 0.3) is 0 Å². The molecule has 0 aromatic rings. The third kappa shape index (κ3) is 17.1. The zero-order valence-electron chi connectivity index (χ0n) is 19.1. The van der Waals surface area contributed by atoms with E-state index in [-0.39, 0.29) is 18.0 Å². The van der Waals surface area contributed by atoms with Crippen molar-refractivity contribution in [3.63, 3.8) is 0 Å². The summed E-state index contributed by atoms with van der Waals surface area (Å²) in [6.45, 7) is 8.93. The van der Waals surface area contributed by atoms with E-state index in [9.17, 15) is 9.59 Å². The summed E-state index contributed by atoms with van der Waals surface area (Å²) in [6, 6.07) is 0. The molecule has 0 bridgehead atoms. The third-order valence-corrected chi connectivity index (χ3v) is 5.20. The molecular formula is C24H46O4. The molecule has 0 N–H and O–H groups in total. The van der Waals surface area contributed by atoms with Gasteiger partial charge in [-0.1, -0.05) is 85.5 Å². The van der Waals surface area contributed by atoms with Crippen molar-refractivity contribution < 1.29 is 19.1 Å². The Hall–Kier alpha value is -1.06. The topological polar surface area (TPSA) is 52.6 Å². The lowest BCUT2D eigenvalue weighted by atomic mass is 10.1. The minimum absolute atomic E-state index is 0.00137. The van der Waals surface area contributed by atoms with Crippen LogP contribution in [0.5, 0.6) is 0 Å². The molecule has 0 aromatic heterocycles. The molecule has 0 amide bonds. The minimum atomic E-state index is -0.153. The number of unbranched alkanes of at least 4 members (excludes halogenated alkanes) is 10. The molecule has 0 radical (unpaired) electrons. The molecule has 0 aliphatic carbocycles. The average molecular weight is 399 g/mol. The molecule has 1 unspecified atom stereocenters. The van der Waals surface area contributed by atoms with Crippen molar-refractivity contribution in [2.45, 2.75) is 130 Å². The van der Waals surface area contributed by atoms with E-state index in [0.29, 0.717) is 38.2 Å². The van der Waals surface area contributed by atoms with E-state index >= 15 is 0 Å². The van der Waals surface area contributed by atoms with Gasteiger partial charge < -0.3 is 9.47 Å². The first-order valence-corrected chi connectivity index (χ1v) is 11.9. The number of esters is 2. The normalized spacial score (nSPS) is 12.2. The highest BCUT2D eigenvalue weighted by molar-refractivity contribution is 5.70. The average Bonchev–Trinajstić information content (AvgIpc) is 2.67. The van der Waals surface area contributed by atoms with E-state index in [1.165, 1.54) is 51.4 Å². The SMILES string of the molecule is CCCCCCCCCCCCOC(=O)CCCCC(=O)OC(CC)C(C)C. The fraction of sp³-hybridized carbons (Fsp3) is 0.917. The number of hydrogen-bond acceptors (Lipinski definition) is 4.